The van der Waals surface area contributed by atoms with Gasteiger partial charge in [-0.3, -0.25) is 0 Å². The van der Waals surface area contributed by atoms with Gasteiger partial charge < -0.3 is 35.3 Å². The highest BCUT2D eigenvalue weighted by molar-refractivity contribution is 7.84. The maximum absolute atomic E-state index is 12.2. The topological polar surface area (TPSA) is 303 Å². The van der Waals surface area contributed by atoms with E-state index in [-0.39, 0.29) is 17.7 Å². The molecule has 6 N–H and O–H groups in total. The van der Waals surface area contributed by atoms with E-state index in [0.29, 0.717) is 85.9 Å². The third kappa shape index (κ3) is 28.6. The molecule has 1 fully saturated rings. The van der Waals surface area contributed by atoms with Crippen LogP contribution in [-0.2, 0) is 22.3 Å². The van der Waals surface area contributed by atoms with Crippen LogP contribution < -0.4 is 35.6 Å². The van der Waals surface area contributed by atoms with Crippen LogP contribution in [0.5, 0.6) is 11.6 Å². The quantitative estimate of drug-likeness (QED) is 0.0176. The molecular formula is C88H98Cl3F2N19O5S. The van der Waals surface area contributed by atoms with Crippen molar-refractivity contribution >= 4 is 91.8 Å². The number of hydrogen-bond acceptors (Lipinski definition) is 23. The molecule has 2 unspecified atom stereocenters. The molecule has 2 atom stereocenters. The summed E-state index contributed by atoms with van der Waals surface area (Å²) in [4.78, 5) is 50.9. The minimum absolute atomic E-state index is 0.0487. The van der Waals surface area contributed by atoms with Gasteiger partial charge in [-0.15, -0.1) is 0 Å². The van der Waals surface area contributed by atoms with Crippen LogP contribution in [0.3, 0.4) is 0 Å². The molecule has 1 aliphatic carbocycles. The second-order valence-electron chi connectivity index (χ2n) is 27.1. The van der Waals surface area contributed by atoms with E-state index in [9.17, 15) is 22.3 Å². The number of nitrogens with one attached hydrogen (secondary N) is 5. The summed E-state index contributed by atoms with van der Waals surface area (Å²) in [6.45, 7) is 21.1. The van der Waals surface area contributed by atoms with E-state index >= 15 is 0 Å². The summed E-state index contributed by atoms with van der Waals surface area (Å²) in [6.07, 6.45) is 11.9. The van der Waals surface area contributed by atoms with Crippen LogP contribution >= 0.6 is 34.8 Å². The molecule has 30 heteroatoms. The number of ether oxygens (including phenoxy) is 1. The molecule has 0 radical (unpaired) electrons. The first-order chi connectivity index (χ1) is 56.6. The van der Waals surface area contributed by atoms with E-state index < -0.39 is 22.5 Å². The zero-order valence-corrected chi connectivity index (χ0v) is 71.5. The van der Waals surface area contributed by atoms with E-state index in [1.807, 2.05) is 152 Å². The number of nitrogens with zero attached hydrogens (tertiary/aromatic N) is 14. The summed E-state index contributed by atoms with van der Waals surface area (Å²) >= 11 is 18.4. The van der Waals surface area contributed by atoms with E-state index in [2.05, 4.69) is 140 Å². The van der Waals surface area contributed by atoms with Gasteiger partial charge in [0.2, 0.25) is 29.7 Å². The smallest absolute Gasteiger partial charge is 0.387 e. The van der Waals surface area contributed by atoms with Gasteiger partial charge in [0.15, 0.2) is 0 Å². The molecule has 1 aliphatic rings. The first-order valence-electron chi connectivity index (χ1n) is 38.1. The maximum Gasteiger partial charge on any atom is 0.387 e. The van der Waals surface area contributed by atoms with Crippen molar-refractivity contribution in [3.8, 4) is 23.5 Å². The average Bonchev–Trinajstić information content (AvgIpc) is 0.762. The highest BCUT2D eigenvalue weighted by Gasteiger charge is 2.36. The Kier molecular flexibility index (Phi) is 35.5. The Morgan fingerprint density at radius 2 is 1.24 bits per heavy atom. The van der Waals surface area contributed by atoms with Crippen LogP contribution in [0.25, 0.3) is 0 Å². The summed E-state index contributed by atoms with van der Waals surface area (Å²) in [5.74, 6) is 9.41. The predicted octanol–water partition coefficient (Wildman–Crippen LogP) is 20.0. The molecule has 118 heavy (non-hydrogen) atoms. The fourth-order valence-electron chi connectivity index (χ4n) is 11.4. The van der Waals surface area contributed by atoms with Crippen molar-refractivity contribution in [1.82, 2.24) is 64.1 Å². The number of hydrogen-bond donors (Lipinski definition) is 6. The molecular weight excluding hydrogens is 1580 g/mol. The SMILES string of the molecule is C/C(=N/Nc1nc(C)cc(C)n1)c1ccccc1C.CC#Cc1cc(C)nc(Nc2ccccc2)n1.CCC(Nc1ncnc(C)c1Cl)c1ccc(OC(F)F)cc1.CCCCc1c(C)nc(NCC)nc1OS(=O)(=O)N(C)C.Cc1cc(C2CC2)nc(Nc2ccccc2)n1.OC(c1ccc(Cl)cc1)(c1cncnc1)c1ccccc1Cl. The summed E-state index contributed by atoms with van der Waals surface area (Å²) < 4.78 is 58.7. The van der Waals surface area contributed by atoms with Crippen LogP contribution in [0.4, 0.5) is 49.8 Å². The normalized spacial score (nSPS) is 12.2. The van der Waals surface area contributed by atoms with Gasteiger partial charge >= 0.3 is 16.9 Å². The second-order valence-corrected chi connectivity index (χ2v) is 30.1. The lowest BCUT2D eigenvalue weighted by atomic mass is 9.81. The summed E-state index contributed by atoms with van der Waals surface area (Å²) in [7, 11) is -0.998. The summed E-state index contributed by atoms with van der Waals surface area (Å²) in [5, 5.41) is 30.0. The van der Waals surface area contributed by atoms with Crippen molar-refractivity contribution in [2.75, 3.05) is 47.3 Å². The second kappa shape index (κ2) is 45.7. The van der Waals surface area contributed by atoms with Gasteiger partial charge in [0.1, 0.15) is 40.5 Å². The van der Waals surface area contributed by atoms with Crippen LogP contribution in [0.15, 0.2) is 206 Å². The summed E-state index contributed by atoms with van der Waals surface area (Å²) in [5.41, 5.74) is 17.2. The van der Waals surface area contributed by atoms with Crippen molar-refractivity contribution in [3.63, 3.8) is 0 Å². The van der Waals surface area contributed by atoms with Gasteiger partial charge in [-0.2, -0.15) is 31.6 Å². The number of aliphatic hydroxyl groups is 1. The molecule has 24 nitrogen and oxygen atoms in total. The third-order valence-corrected chi connectivity index (χ3v) is 19.8. The monoisotopic (exact) mass is 1680 g/mol. The fraction of sp³-hybridized carbons (Fsp3) is 0.284. The highest BCUT2D eigenvalue weighted by Crippen LogP contribution is 2.41. The summed E-state index contributed by atoms with van der Waals surface area (Å²) in [6, 6.07) is 54.5. The number of unbranched alkanes of at least 4 members (excludes halogenated alkanes) is 1. The predicted molar refractivity (Wildman–Crippen MR) is 467 cm³/mol. The van der Waals surface area contributed by atoms with Crippen LogP contribution in [-0.4, -0.2) is 111 Å². The number of para-hydroxylation sites is 2. The molecule has 1 saturated carbocycles. The van der Waals surface area contributed by atoms with Gasteiger partial charge in [0.25, 0.3) is 0 Å². The molecule has 0 amide bonds. The number of anilines is 7. The lowest BCUT2D eigenvalue weighted by Gasteiger charge is -2.30. The number of alkyl halides is 2. The Morgan fingerprint density at radius 1 is 0.653 bits per heavy atom. The molecule has 6 heterocycles. The number of rotatable bonds is 25. The number of hydrazone groups is 1. The molecule has 12 aromatic rings. The molecule has 0 saturated heterocycles. The molecule has 6 aromatic carbocycles. The minimum atomic E-state index is -3.83. The number of aryl methyl sites for hydroxylation is 7. The van der Waals surface area contributed by atoms with E-state index in [1.54, 1.807) is 74.8 Å². The van der Waals surface area contributed by atoms with Gasteiger partial charge in [-0.25, -0.2) is 60.2 Å². The standard InChI is InChI=1S/C17H12Cl2N2O.C15H16ClF2N3O.C15H18N4.C14H15N3.C14H13N3.C13H24N4O3S/c18-14-7-5-12(6-8-14)17(22,13-9-20-11-21-10-13)15-3-1-2-4-16(15)19;1-3-12(21-14-13(16)9(2)19-8-20-14)10-4-6-11(7-5-10)22-15(17)18;1-10-7-5-6-8-14(10)13(4)18-19-15-16-11(2)9-12(3)17-15;1-10-9-13(11-7-8-11)17-14(15-10)16-12-5-3-2-4-6-12;1-3-7-13-10-11(2)15-14(17-13)16-12-8-5-4-6-9-12;1-6-8-9-11-10(3)15-13(14-7-2)16-12(11)20-21(18,19)17(4)5/h1-11,22H;4-8,12,15H,3H2,1-2H3,(H,19,20,21);5-9H,1-4H3,(H,16,17,19);2-6,9,11H,7-8H2,1H3,(H,15,16,17);4-6,8-10H,1-2H3,(H,15,16,17);6-9H2,1-5H3,(H,14,15,16)/b;;18-13-;;;. The number of aromatic nitrogens is 12. The van der Waals surface area contributed by atoms with Crippen molar-refractivity contribution < 1.29 is 31.2 Å². The Hall–Kier alpha value is -11.8. The Bertz CT molecular complexity index is 5390. The minimum Gasteiger partial charge on any atom is -0.435 e. The van der Waals surface area contributed by atoms with Gasteiger partial charge in [-0.1, -0.05) is 164 Å². The van der Waals surface area contributed by atoms with Crippen molar-refractivity contribution in [3.05, 3.63) is 301 Å². The number of halogens is 5. The Balaban J connectivity index is 0.000000177. The van der Waals surface area contributed by atoms with E-state index in [1.165, 1.54) is 63.0 Å². The van der Waals surface area contributed by atoms with E-state index in [0.717, 1.165) is 91.5 Å². The molecule has 13 rings (SSSR count). The zero-order chi connectivity index (χ0) is 85.3. The largest absolute Gasteiger partial charge is 0.435 e. The van der Waals surface area contributed by atoms with Crippen LogP contribution in [0, 0.1) is 60.3 Å². The zero-order valence-electron chi connectivity index (χ0n) is 68.4. The highest BCUT2D eigenvalue weighted by atomic mass is 35.5. The van der Waals surface area contributed by atoms with Gasteiger partial charge in [-0.05, 0) is 197 Å². The molecule has 0 aliphatic heterocycles. The average molecular weight is 1680 g/mol. The van der Waals surface area contributed by atoms with Gasteiger partial charge in [0.05, 0.1) is 17.4 Å². The lowest BCUT2D eigenvalue weighted by molar-refractivity contribution is -0.0498. The fourth-order valence-corrected chi connectivity index (χ4v) is 12.5. The third-order valence-electron chi connectivity index (χ3n) is 17.5. The first kappa shape index (κ1) is 91.7. The molecule has 6 aromatic heterocycles. The maximum atomic E-state index is 12.2. The molecule has 0 bridgehead atoms. The van der Waals surface area contributed by atoms with Crippen molar-refractivity contribution in [2.45, 2.75) is 146 Å². The van der Waals surface area contributed by atoms with Crippen molar-refractivity contribution in [1.29, 1.82) is 0 Å². The van der Waals surface area contributed by atoms with Crippen molar-refractivity contribution in [2.24, 2.45) is 5.10 Å². The lowest BCUT2D eigenvalue weighted by Crippen LogP contribution is -2.29. The first-order valence-corrected chi connectivity index (χ1v) is 40.6. The number of benzene rings is 6. The Labute approximate surface area is 705 Å². The van der Waals surface area contributed by atoms with E-state index in [4.69, 9.17) is 39.0 Å². The Morgan fingerprint density at radius 3 is 1.81 bits per heavy atom. The molecule has 616 valence electrons. The van der Waals surface area contributed by atoms with Crippen LogP contribution in [0.1, 0.15) is 163 Å². The molecule has 0 spiro atoms. The van der Waals surface area contributed by atoms with Gasteiger partial charge in [0, 0.05) is 117 Å². The van der Waals surface area contributed by atoms with Crippen LogP contribution in [0.2, 0.25) is 15.1 Å².